The van der Waals surface area contributed by atoms with Crippen molar-refractivity contribution in [3.05, 3.63) is 60.2 Å². The van der Waals surface area contributed by atoms with Gasteiger partial charge in [-0.05, 0) is 43.2 Å². The van der Waals surface area contributed by atoms with Crippen LogP contribution in [0.5, 0.6) is 11.5 Å². The highest BCUT2D eigenvalue weighted by molar-refractivity contribution is 6.53. The van der Waals surface area contributed by atoms with Crippen LogP contribution in [0.15, 0.2) is 54.6 Å². The summed E-state index contributed by atoms with van der Waals surface area (Å²) in [6, 6.07) is 16.5. The Balaban J connectivity index is 1.52. The van der Waals surface area contributed by atoms with Crippen LogP contribution >= 0.6 is 23.2 Å². The van der Waals surface area contributed by atoms with E-state index in [2.05, 4.69) is 5.32 Å². The number of nitrogens with one attached hydrogen (secondary N) is 1. The fraction of sp³-hybridized carbons (Fsp3) is 0.263. The summed E-state index contributed by atoms with van der Waals surface area (Å²) in [5, 5.41) is 2.16. The van der Waals surface area contributed by atoms with Crippen molar-refractivity contribution in [1.29, 1.82) is 0 Å². The highest BCUT2D eigenvalue weighted by atomic mass is 35.5. The molecule has 0 saturated heterocycles. The summed E-state index contributed by atoms with van der Waals surface area (Å²) in [7, 11) is 0. The second kappa shape index (κ2) is 7.17. The number of rotatable bonds is 5. The van der Waals surface area contributed by atoms with E-state index < -0.39 is 21.7 Å². The largest absolute Gasteiger partial charge is 0.457 e. The number of carbonyl (C=O) groups is 2. The minimum absolute atomic E-state index is 0.00525. The van der Waals surface area contributed by atoms with Crippen LogP contribution in [-0.2, 0) is 16.1 Å². The van der Waals surface area contributed by atoms with Crippen molar-refractivity contribution in [2.75, 3.05) is 0 Å². The quantitative estimate of drug-likeness (QED) is 0.739. The molecule has 1 atom stereocenters. The predicted octanol–water partition coefficient (Wildman–Crippen LogP) is 4.82. The third kappa shape index (κ3) is 4.11. The van der Waals surface area contributed by atoms with Crippen LogP contribution in [-0.4, -0.2) is 16.3 Å². The van der Waals surface area contributed by atoms with Crippen LogP contribution in [0.3, 0.4) is 0 Å². The Morgan fingerprint density at radius 3 is 2.38 bits per heavy atom. The van der Waals surface area contributed by atoms with E-state index in [1.54, 1.807) is 31.2 Å². The van der Waals surface area contributed by atoms with E-state index in [4.69, 9.17) is 32.7 Å². The third-order valence-electron chi connectivity index (χ3n) is 4.22. The van der Waals surface area contributed by atoms with Crippen LogP contribution < -0.4 is 10.1 Å². The van der Waals surface area contributed by atoms with E-state index in [0.29, 0.717) is 17.9 Å². The number of alkyl carbamates (subject to hydrolysis) is 1. The number of hydrogen-bond donors (Lipinski definition) is 1. The van der Waals surface area contributed by atoms with Crippen LogP contribution in [0.4, 0.5) is 4.79 Å². The van der Waals surface area contributed by atoms with Crippen molar-refractivity contribution in [2.45, 2.75) is 24.3 Å². The summed E-state index contributed by atoms with van der Waals surface area (Å²) in [6.07, 6.45) is -0.553. The Kier molecular flexibility index (Phi) is 5.12. The molecule has 0 spiro atoms. The summed E-state index contributed by atoms with van der Waals surface area (Å²) in [5.74, 6) is 0.777. The van der Waals surface area contributed by atoms with Crippen LogP contribution in [0.2, 0.25) is 0 Å². The number of halogens is 2. The van der Waals surface area contributed by atoms with Gasteiger partial charge in [-0.3, -0.25) is 10.1 Å². The molecule has 7 heteroatoms. The smallest absolute Gasteiger partial charge is 0.414 e. The van der Waals surface area contributed by atoms with Gasteiger partial charge in [0, 0.05) is 0 Å². The maximum atomic E-state index is 12.0. The topological polar surface area (TPSA) is 64.6 Å². The molecule has 2 aromatic rings. The van der Waals surface area contributed by atoms with Gasteiger partial charge in [-0.15, -0.1) is 23.2 Å². The minimum Gasteiger partial charge on any atom is -0.457 e. The van der Waals surface area contributed by atoms with Gasteiger partial charge in [0.2, 0.25) is 5.91 Å². The molecule has 1 N–H and O–H groups in total. The van der Waals surface area contributed by atoms with E-state index in [1.165, 1.54) is 0 Å². The molecular weight excluding hydrogens is 377 g/mol. The van der Waals surface area contributed by atoms with Gasteiger partial charge >= 0.3 is 6.09 Å². The van der Waals surface area contributed by atoms with Gasteiger partial charge in [-0.2, -0.15) is 0 Å². The molecule has 3 rings (SSSR count). The average Bonchev–Trinajstić information content (AvgIpc) is 3.14. The Morgan fingerprint density at radius 1 is 1.08 bits per heavy atom. The molecule has 2 aromatic carbocycles. The van der Waals surface area contributed by atoms with Crippen molar-refractivity contribution < 1.29 is 19.1 Å². The summed E-state index contributed by atoms with van der Waals surface area (Å²) in [6.45, 7) is 1.59. The van der Waals surface area contributed by atoms with Crippen molar-refractivity contribution in [2.24, 2.45) is 5.41 Å². The number of benzene rings is 2. The van der Waals surface area contributed by atoms with E-state index in [9.17, 15) is 9.59 Å². The molecule has 5 nitrogen and oxygen atoms in total. The molecule has 0 aliphatic heterocycles. The molecule has 1 aliphatic rings. The molecule has 0 bridgehead atoms. The van der Waals surface area contributed by atoms with Crippen molar-refractivity contribution in [1.82, 2.24) is 5.32 Å². The molecule has 0 radical (unpaired) electrons. The van der Waals surface area contributed by atoms with Crippen molar-refractivity contribution in [3.8, 4) is 11.5 Å². The van der Waals surface area contributed by atoms with Gasteiger partial charge < -0.3 is 9.47 Å². The van der Waals surface area contributed by atoms with Crippen molar-refractivity contribution in [3.63, 3.8) is 0 Å². The van der Waals surface area contributed by atoms with Gasteiger partial charge in [-0.1, -0.05) is 30.3 Å². The maximum absolute atomic E-state index is 12.0. The number of para-hydroxylation sites is 1. The first-order valence-electron chi connectivity index (χ1n) is 7.98. The molecule has 26 heavy (non-hydrogen) atoms. The van der Waals surface area contributed by atoms with Crippen LogP contribution in [0.1, 0.15) is 18.9 Å². The Labute approximate surface area is 161 Å². The first-order chi connectivity index (χ1) is 12.3. The summed E-state index contributed by atoms with van der Waals surface area (Å²) in [5.41, 5.74) is -0.249. The molecule has 2 amide bonds. The molecule has 136 valence electrons. The summed E-state index contributed by atoms with van der Waals surface area (Å²) < 4.78 is 9.67. The van der Waals surface area contributed by atoms with Gasteiger partial charge in [0.25, 0.3) is 0 Å². The number of imide groups is 1. The zero-order chi connectivity index (χ0) is 18.8. The van der Waals surface area contributed by atoms with Crippen LogP contribution in [0, 0.1) is 5.41 Å². The average molecular weight is 394 g/mol. The van der Waals surface area contributed by atoms with E-state index >= 15 is 0 Å². The first kappa shape index (κ1) is 18.5. The Hall–Kier alpha value is -2.24. The van der Waals surface area contributed by atoms with Gasteiger partial charge in [0.15, 0.2) is 0 Å². The monoisotopic (exact) mass is 393 g/mol. The predicted molar refractivity (Wildman–Crippen MR) is 98.4 cm³/mol. The number of alkyl halides is 2. The number of hydrogen-bond acceptors (Lipinski definition) is 4. The molecule has 0 heterocycles. The minimum atomic E-state index is -1.14. The number of carbonyl (C=O) groups excluding carboxylic acids is 2. The standard InChI is InChI=1S/C19H17Cl2NO4/c1-18(12-19(18,20)21)16(23)22-17(24)25-11-13-6-5-9-15(10-13)26-14-7-3-2-4-8-14/h2-10H,11-12H2,1H3,(H,22,23,24). The molecule has 1 unspecified atom stereocenters. The zero-order valence-corrected chi connectivity index (χ0v) is 15.5. The molecule has 1 saturated carbocycles. The Morgan fingerprint density at radius 2 is 1.73 bits per heavy atom. The normalized spacial score (nSPS) is 20.1. The van der Waals surface area contributed by atoms with Gasteiger partial charge in [-0.25, -0.2) is 4.79 Å². The lowest BCUT2D eigenvalue weighted by atomic mass is 10.1. The van der Waals surface area contributed by atoms with Crippen molar-refractivity contribution >= 4 is 35.2 Å². The molecule has 1 fully saturated rings. The van der Waals surface area contributed by atoms with Gasteiger partial charge in [0.1, 0.15) is 22.4 Å². The highest BCUT2D eigenvalue weighted by Gasteiger charge is 2.68. The van der Waals surface area contributed by atoms with E-state index in [-0.39, 0.29) is 6.61 Å². The fourth-order valence-corrected chi connectivity index (χ4v) is 3.09. The second-order valence-corrected chi connectivity index (χ2v) is 7.79. The van der Waals surface area contributed by atoms with E-state index in [1.807, 2.05) is 30.3 Å². The number of amides is 2. The van der Waals surface area contributed by atoms with Gasteiger partial charge in [0.05, 0.1) is 5.41 Å². The lowest BCUT2D eigenvalue weighted by Gasteiger charge is -2.12. The SMILES string of the molecule is CC1(C(=O)NC(=O)OCc2cccc(Oc3ccccc3)c2)CC1(Cl)Cl. The summed E-state index contributed by atoms with van der Waals surface area (Å²) >= 11 is 11.8. The van der Waals surface area contributed by atoms with Crippen LogP contribution in [0.25, 0.3) is 0 Å². The fourth-order valence-electron chi connectivity index (χ4n) is 2.39. The Bertz CT molecular complexity index is 825. The molecule has 0 aromatic heterocycles. The third-order valence-corrected chi connectivity index (χ3v) is 5.32. The summed E-state index contributed by atoms with van der Waals surface area (Å²) in [4.78, 5) is 23.8. The number of ether oxygens (including phenoxy) is 2. The molecular formula is C19H17Cl2NO4. The maximum Gasteiger partial charge on any atom is 0.414 e. The lowest BCUT2D eigenvalue weighted by Crippen LogP contribution is -2.38. The highest BCUT2D eigenvalue weighted by Crippen LogP contribution is 2.63. The van der Waals surface area contributed by atoms with E-state index in [0.717, 1.165) is 5.56 Å². The molecule has 1 aliphatic carbocycles. The second-order valence-electron chi connectivity index (χ2n) is 6.31. The lowest BCUT2D eigenvalue weighted by molar-refractivity contribution is -0.125. The first-order valence-corrected chi connectivity index (χ1v) is 8.74. The zero-order valence-electron chi connectivity index (χ0n) is 14.0.